The number of carbonyl (C=O) groups is 2. The predicted molar refractivity (Wildman–Crippen MR) is 170 cm³/mol. The van der Waals surface area contributed by atoms with Gasteiger partial charge in [0, 0.05) is 24.4 Å². The quantitative estimate of drug-likeness (QED) is 0.188. The SMILES string of the molecule is CC[C@H](C)[C@H](N[C@@H]1c2cc3c(cc2[C@@H](c2cc(OC)c(O)c(OC)c2)[C@H]2C(=O)OC[C@@H]21)OCO3)C(=O)OCCCn1cc(F)c(=O)[nH]c1=O. The van der Waals surface area contributed by atoms with E-state index in [-0.39, 0.29) is 56.1 Å². The molecule has 14 nitrogen and oxygen atoms in total. The van der Waals surface area contributed by atoms with Gasteiger partial charge in [-0.15, -0.1) is 0 Å². The molecule has 0 spiro atoms. The number of fused-ring (bicyclic) bond motifs is 3. The highest BCUT2D eigenvalue weighted by molar-refractivity contribution is 5.80. The Labute approximate surface area is 280 Å². The fraction of sp³-hybridized carbons (Fsp3) is 0.471. The van der Waals surface area contributed by atoms with Crippen molar-refractivity contribution in [2.24, 2.45) is 17.8 Å². The summed E-state index contributed by atoms with van der Waals surface area (Å²) in [5, 5.41) is 14.2. The van der Waals surface area contributed by atoms with Crippen molar-refractivity contribution in [3.05, 3.63) is 73.8 Å². The highest BCUT2D eigenvalue weighted by atomic mass is 19.1. The van der Waals surface area contributed by atoms with E-state index in [0.29, 0.717) is 23.5 Å². The van der Waals surface area contributed by atoms with Crippen molar-refractivity contribution in [1.29, 1.82) is 0 Å². The van der Waals surface area contributed by atoms with Gasteiger partial charge in [0.1, 0.15) is 6.04 Å². The molecule has 3 N–H and O–H groups in total. The number of aromatic amines is 1. The molecule has 6 rings (SSSR count). The Morgan fingerprint density at radius 1 is 1.08 bits per heavy atom. The summed E-state index contributed by atoms with van der Waals surface area (Å²) >= 11 is 0. The molecule has 1 saturated heterocycles. The summed E-state index contributed by atoms with van der Waals surface area (Å²) in [6.45, 7) is 3.92. The molecule has 0 radical (unpaired) electrons. The Bertz CT molecular complexity index is 1850. The minimum Gasteiger partial charge on any atom is -0.502 e. The summed E-state index contributed by atoms with van der Waals surface area (Å²) < 4.78 is 48.4. The van der Waals surface area contributed by atoms with Crippen LogP contribution in [-0.4, -0.2) is 66.9 Å². The van der Waals surface area contributed by atoms with Crippen molar-refractivity contribution in [2.75, 3.05) is 34.2 Å². The van der Waals surface area contributed by atoms with Gasteiger partial charge in [-0.3, -0.25) is 29.3 Å². The average Bonchev–Trinajstić information content (AvgIpc) is 3.72. The molecule has 3 aliphatic rings. The summed E-state index contributed by atoms with van der Waals surface area (Å²) in [4.78, 5) is 52.4. The van der Waals surface area contributed by atoms with Gasteiger partial charge in [0.15, 0.2) is 23.0 Å². The van der Waals surface area contributed by atoms with E-state index in [0.717, 1.165) is 21.9 Å². The number of ether oxygens (including phenoxy) is 6. The van der Waals surface area contributed by atoms with Gasteiger partial charge in [0.25, 0.3) is 5.56 Å². The standard InChI is InChI=1S/C34H38FN3O11/c1-5-16(2)28(33(42)46-8-6-7-38-13-21(35)31(40)37-34(38)43)36-29-19-12-23-22(48-15-49-23)11-18(19)26(27-20(29)14-47-32(27)41)17-9-24(44-3)30(39)25(10-17)45-4/h9-13,16,20,26-29,36,39H,5-8,14-15H2,1-4H3,(H,37,40,43)/t16-,20-,26+,27-,28-,29+/m0/s1. The summed E-state index contributed by atoms with van der Waals surface area (Å²) in [6.07, 6.45) is 1.63. The second kappa shape index (κ2) is 13.8. The molecule has 2 aliphatic heterocycles. The molecular formula is C34H38FN3O11. The van der Waals surface area contributed by atoms with Gasteiger partial charge in [-0.2, -0.15) is 4.39 Å². The van der Waals surface area contributed by atoms with Crippen LogP contribution in [0.25, 0.3) is 0 Å². The van der Waals surface area contributed by atoms with Crippen LogP contribution in [0.3, 0.4) is 0 Å². The lowest BCUT2D eigenvalue weighted by Gasteiger charge is -2.41. The van der Waals surface area contributed by atoms with Crippen LogP contribution in [0, 0.1) is 23.6 Å². The number of H-pyrrole nitrogens is 1. The lowest BCUT2D eigenvalue weighted by atomic mass is 9.65. The predicted octanol–water partition coefficient (Wildman–Crippen LogP) is 2.74. The summed E-state index contributed by atoms with van der Waals surface area (Å²) in [5.74, 6) is -2.69. The number of aryl methyl sites for hydroxylation is 1. The molecule has 262 valence electrons. The van der Waals surface area contributed by atoms with E-state index >= 15 is 0 Å². The molecule has 1 aromatic heterocycles. The lowest BCUT2D eigenvalue weighted by Crippen LogP contribution is -2.50. The summed E-state index contributed by atoms with van der Waals surface area (Å²) in [5.41, 5.74) is 0.304. The number of aromatic hydroxyl groups is 1. The number of cyclic esters (lactones) is 1. The van der Waals surface area contributed by atoms with E-state index in [1.165, 1.54) is 14.2 Å². The van der Waals surface area contributed by atoms with Crippen LogP contribution in [-0.2, 0) is 25.6 Å². The first-order valence-corrected chi connectivity index (χ1v) is 16.0. The van der Waals surface area contributed by atoms with Crippen molar-refractivity contribution in [3.63, 3.8) is 0 Å². The summed E-state index contributed by atoms with van der Waals surface area (Å²) in [6, 6.07) is 5.68. The summed E-state index contributed by atoms with van der Waals surface area (Å²) in [7, 11) is 2.85. The fourth-order valence-corrected chi connectivity index (χ4v) is 6.91. The molecule has 1 fully saturated rings. The molecule has 3 aromatic rings. The van der Waals surface area contributed by atoms with Gasteiger partial charge in [0.05, 0.1) is 39.5 Å². The van der Waals surface area contributed by atoms with Crippen molar-refractivity contribution >= 4 is 11.9 Å². The second-order valence-corrected chi connectivity index (χ2v) is 12.4. The molecule has 1 aliphatic carbocycles. The number of benzene rings is 2. The maximum Gasteiger partial charge on any atom is 0.328 e. The third-order valence-corrected chi connectivity index (χ3v) is 9.63. The third-order valence-electron chi connectivity index (χ3n) is 9.63. The number of hydrogen-bond donors (Lipinski definition) is 3. The van der Waals surface area contributed by atoms with E-state index in [1.807, 2.05) is 31.0 Å². The van der Waals surface area contributed by atoms with Crippen LogP contribution < -0.4 is 35.5 Å². The zero-order chi connectivity index (χ0) is 35.0. The molecule has 0 amide bonds. The van der Waals surface area contributed by atoms with Gasteiger partial charge in [-0.25, -0.2) is 4.79 Å². The molecule has 49 heavy (non-hydrogen) atoms. The number of rotatable bonds is 12. The molecule has 3 heterocycles. The van der Waals surface area contributed by atoms with Crippen LogP contribution in [0.1, 0.15) is 55.3 Å². The first kappa shape index (κ1) is 33.8. The van der Waals surface area contributed by atoms with E-state index < -0.39 is 58.8 Å². The first-order chi connectivity index (χ1) is 23.6. The van der Waals surface area contributed by atoms with Gasteiger partial charge in [-0.1, -0.05) is 20.3 Å². The smallest absolute Gasteiger partial charge is 0.328 e. The van der Waals surface area contributed by atoms with E-state index in [1.54, 1.807) is 12.1 Å². The van der Waals surface area contributed by atoms with Crippen molar-refractivity contribution in [2.45, 2.75) is 51.2 Å². The topological polar surface area (TPSA) is 177 Å². The molecule has 0 unspecified atom stereocenters. The Morgan fingerprint density at radius 2 is 1.76 bits per heavy atom. The van der Waals surface area contributed by atoms with Crippen molar-refractivity contribution < 1.29 is 47.5 Å². The van der Waals surface area contributed by atoms with Crippen LogP contribution in [0.2, 0.25) is 0 Å². The normalized spacial score (nSPS) is 21.7. The Balaban J connectivity index is 1.32. The van der Waals surface area contributed by atoms with Crippen LogP contribution >= 0.6 is 0 Å². The molecule has 0 saturated carbocycles. The third kappa shape index (κ3) is 6.30. The van der Waals surface area contributed by atoms with Crippen LogP contribution in [0.4, 0.5) is 4.39 Å². The lowest BCUT2D eigenvalue weighted by molar-refractivity contribution is -0.148. The number of esters is 2. The maximum absolute atomic E-state index is 13.7. The number of aromatic nitrogens is 2. The van der Waals surface area contributed by atoms with Crippen molar-refractivity contribution in [3.8, 4) is 28.7 Å². The van der Waals surface area contributed by atoms with Crippen LogP contribution in [0.5, 0.6) is 28.7 Å². The highest BCUT2D eigenvalue weighted by Crippen LogP contribution is 2.55. The Hall–Kier alpha value is -5.05. The minimum absolute atomic E-state index is 0.0157. The number of methoxy groups -OCH3 is 2. The van der Waals surface area contributed by atoms with Crippen LogP contribution in [0.15, 0.2) is 40.1 Å². The van der Waals surface area contributed by atoms with E-state index in [9.17, 15) is 28.7 Å². The minimum atomic E-state index is -1.10. The Morgan fingerprint density at radius 3 is 2.41 bits per heavy atom. The number of nitrogens with zero attached hydrogens (tertiary/aromatic N) is 1. The number of phenolic OH excluding ortho intramolecular Hbond substituents is 1. The number of hydrogen-bond acceptors (Lipinski definition) is 12. The van der Waals surface area contributed by atoms with Gasteiger partial charge >= 0.3 is 17.6 Å². The highest BCUT2D eigenvalue weighted by Gasteiger charge is 2.53. The monoisotopic (exact) mass is 683 g/mol. The number of phenols is 1. The zero-order valence-electron chi connectivity index (χ0n) is 27.4. The second-order valence-electron chi connectivity index (χ2n) is 12.4. The Kier molecular flexibility index (Phi) is 9.54. The van der Waals surface area contributed by atoms with Gasteiger partial charge in [-0.05, 0) is 53.3 Å². The fourth-order valence-electron chi connectivity index (χ4n) is 6.91. The van der Waals surface area contributed by atoms with Gasteiger partial charge in [0.2, 0.25) is 18.4 Å². The molecule has 15 heteroatoms. The molecule has 2 aromatic carbocycles. The number of halogens is 1. The van der Waals surface area contributed by atoms with E-state index in [2.05, 4.69) is 5.32 Å². The van der Waals surface area contributed by atoms with Gasteiger partial charge < -0.3 is 33.5 Å². The average molecular weight is 684 g/mol. The van der Waals surface area contributed by atoms with E-state index in [4.69, 9.17) is 28.4 Å². The molecular weight excluding hydrogens is 645 g/mol. The van der Waals surface area contributed by atoms with Crippen molar-refractivity contribution in [1.82, 2.24) is 14.9 Å². The number of carbonyl (C=O) groups excluding carboxylic acids is 2. The molecule has 0 bridgehead atoms. The molecule has 6 atom stereocenters. The maximum atomic E-state index is 13.7. The zero-order valence-corrected chi connectivity index (χ0v) is 27.4. The largest absolute Gasteiger partial charge is 0.502 e. The number of nitrogens with one attached hydrogen (secondary N) is 2. The first-order valence-electron chi connectivity index (χ1n) is 16.0.